The summed E-state index contributed by atoms with van der Waals surface area (Å²) in [7, 11) is 0. The molecule has 0 aliphatic carbocycles. The van der Waals surface area contributed by atoms with Crippen LogP contribution in [0, 0.1) is 10.6 Å². The largest absolute Gasteiger partial charge is 0.466 e. The third-order valence-corrected chi connectivity index (χ3v) is 2.99. The van der Waals surface area contributed by atoms with Crippen molar-refractivity contribution in [2.45, 2.75) is 26.7 Å². The zero-order valence-electron chi connectivity index (χ0n) is 9.47. The second-order valence-corrected chi connectivity index (χ2v) is 4.43. The van der Waals surface area contributed by atoms with Gasteiger partial charge in [0.05, 0.1) is 13.0 Å². The number of hydrogen-bond donors (Lipinski definition) is 0. The molecule has 0 aromatic carbocycles. The van der Waals surface area contributed by atoms with Crippen molar-refractivity contribution in [3.05, 3.63) is 26.6 Å². The highest BCUT2D eigenvalue weighted by Gasteiger charge is 2.20. The van der Waals surface area contributed by atoms with Gasteiger partial charge in [0.1, 0.15) is 3.70 Å². The van der Waals surface area contributed by atoms with Gasteiger partial charge in [-0.05, 0) is 42.5 Å². The van der Waals surface area contributed by atoms with Crippen LogP contribution in [0.25, 0.3) is 0 Å². The highest BCUT2D eigenvalue weighted by Crippen LogP contribution is 2.27. The molecule has 0 aliphatic heterocycles. The number of carbonyl (C=O) groups excluding carboxylic acids is 1. The van der Waals surface area contributed by atoms with Crippen molar-refractivity contribution in [2.24, 2.45) is 0 Å². The van der Waals surface area contributed by atoms with Crippen molar-refractivity contribution in [1.82, 2.24) is 4.98 Å². The molecule has 94 valence electrons. The fourth-order valence-electron chi connectivity index (χ4n) is 1.41. The second kappa shape index (κ2) is 6.23. The molecule has 0 N–H and O–H groups in total. The maximum Gasteiger partial charge on any atom is 0.310 e. The molecule has 1 aromatic heterocycles. The third kappa shape index (κ3) is 3.86. The number of rotatable bonds is 4. The summed E-state index contributed by atoms with van der Waals surface area (Å²) in [6, 6.07) is 1.31. The molecule has 0 aliphatic rings. The molecular formula is C11H12F2INO2. The Bertz CT molecular complexity index is 424. The molecule has 17 heavy (non-hydrogen) atoms. The zero-order valence-corrected chi connectivity index (χ0v) is 11.6. The molecular weight excluding hydrogens is 343 g/mol. The van der Waals surface area contributed by atoms with E-state index in [0.29, 0.717) is 9.39 Å². The van der Waals surface area contributed by atoms with Gasteiger partial charge in [-0.25, -0.2) is 13.8 Å². The van der Waals surface area contributed by atoms with Gasteiger partial charge in [0.25, 0.3) is 6.43 Å². The molecule has 0 unspecified atom stereocenters. The van der Waals surface area contributed by atoms with Crippen molar-refractivity contribution in [1.29, 1.82) is 0 Å². The van der Waals surface area contributed by atoms with Gasteiger partial charge in [0.2, 0.25) is 0 Å². The summed E-state index contributed by atoms with van der Waals surface area (Å²) in [6.07, 6.45) is -2.78. The first kappa shape index (κ1) is 14.3. The van der Waals surface area contributed by atoms with E-state index in [4.69, 9.17) is 4.74 Å². The van der Waals surface area contributed by atoms with Crippen LogP contribution < -0.4 is 0 Å². The van der Waals surface area contributed by atoms with Crippen LogP contribution in [0.15, 0.2) is 6.07 Å². The van der Waals surface area contributed by atoms with Crippen molar-refractivity contribution in [3.63, 3.8) is 0 Å². The SMILES string of the molecule is CCOC(=O)Cc1c(C(F)F)cc(C)nc1I. The summed E-state index contributed by atoms with van der Waals surface area (Å²) >= 11 is 1.85. The molecule has 3 nitrogen and oxygen atoms in total. The Labute approximate surface area is 112 Å². The van der Waals surface area contributed by atoms with E-state index in [9.17, 15) is 13.6 Å². The van der Waals surface area contributed by atoms with Crippen LogP contribution in [-0.4, -0.2) is 17.6 Å². The minimum absolute atomic E-state index is 0.144. The lowest BCUT2D eigenvalue weighted by Gasteiger charge is -2.11. The van der Waals surface area contributed by atoms with Crippen LogP contribution >= 0.6 is 22.6 Å². The number of pyridine rings is 1. The Morgan fingerprint density at radius 2 is 2.24 bits per heavy atom. The first-order valence-electron chi connectivity index (χ1n) is 5.05. The van der Waals surface area contributed by atoms with Crippen molar-refractivity contribution in [2.75, 3.05) is 6.61 Å². The molecule has 1 heterocycles. The number of ether oxygens (including phenoxy) is 1. The molecule has 0 bridgehead atoms. The van der Waals surface area contributed by atoms with Crippen molar-refractivity contribution < 1.29 is 18.3 Å². The van der Waals surface area contributed by atoms with Crippen LogP contribution in [0.4, 0.5) is 8.78 Å². The summed E-state index contributed by atoms with van der Waals surface area (Å²) in [5, 5.41) is 0. The number of aryl methyl sites for hydroxylation is 1. The summed E-state index contributed by atoms with van der Waals surface area (Å²) in [5.41, 5.74) is 0.622. The number of esters is 1. The molecule has 0 amide bonds. The predicted octanol–water partition coefficient (Wildman–Crippen LogP) is 3.04. The Kier molecular flexibility index (Phi) is 5.23. The summed E-state index contributed by atoms with van der Waals surface area (Å²) in [4.78, 5) is 15.4. The number of alkyl halides is 2. The predicted molar refractivity (Wildman–Crippen MR) is 67.0 cm³/mol. The number of nitrogens with zero attached hydrogens (tertiary/aromatic N) is 1. The van der Waals surface area contributed by atoms with E-state index >= 15 is 0 Å². The fourth-order valence-corrected chi connectivity index (χ4v) is 2.29. The van der Waals surface area contributed by atoms with Crippen LogP contribution in [-0.2, 0) is 16.0 Å². The lowest BCUT2D eigenvalue weighted by Crippen LogP contribution is -2.12. The third-order valence-electron chi connectivity index (χ3n) is 2.10. The molecule has 0 spiro atoms. The van der Waals surface area contributed by atoms with E-state index in [-0.39, 0.29) is 24.2 Å². The summed E-state index contributed by atoms with van der Waals surface area (Å²) in [6.45, 7) is 3.55. The monoisotopic (exact) mass is 355 g/mol. The van der Waals surface area contributed by atoms with Crippen molar-refractivity contribution in [3.8, 4) is 0 Å². The van der Waals surface area contributed by atoms with Gasteiger partial charge in [-0.3, -0.25) is 4.79 Å². The van der Waals surface area contributed by atoms with Crippen LogP contribution in [0.3, 0.4) is 0 Å². The van der Waals surface area contributed by atoms with Gasteiger partial charge in [-0.15, -0.1) is 0 Å². The number of halogens is 3. The topological polar surface area (TPSA) is 39.2 Å². The van der Waals surface area contributed by atoms with Crippen molar-refractivity contribution >= 4 is 28.6 Å². The molecule has 0 saturated heterocycles. The molecule has 0 saturated carbocycles. The highest BCUT2D eigenvalue weighted by atomic mass is 127. The summed E-state index contributed by atoms with van der Waals surface area (Å²) < 4.78 is 30.9. The van der Waals surface area contributed by atoms with E-state index < -0.39 is 12.4 Å². The Morgan fingerprint density at radius 1 is 1.59 bits per heavy atom. The maximum atomic E-state index is 12.8. The lowest BCUT2D eigenvalue weighted by molar-refractivity contribution is -0.142. The molecule has 0 fully saturated rings. The van der Waals surface area contributed by atoms with E-state index in [1.807, 2.05) is 22.6 Å². The average Bonchev–Trinajstić information content (AvgIpc) is 2.21. The standard InChI is InChI=1S/C11H12F2INO2/c1-3-17-9(16)5-8-7(10(12)13)4-6(2)15-11(8)14/h4,10H,3,5H2,1-2H3. The second-order valence-electron chi connectivity index (χ2n) is 3.40. The van der Waals surface area contributed by atoms with Gasteiger partial charge in [-0.2, -0.15) is 0 Å². The van der Waals surface area contributed by atoms with Gasteiger partial charge < -0.3 is 4.74 Å². The van der Waals surface area contributed by atoms with E-state index in [0.717, 1.165) is 0 Å². The quantitative estimate of drug-likeness (QED) is 0.474. The van der Waals surface area contributed by atoms with Crippen LogP contribution in [0.2, 0.25) is 0 Å². The Hall–Kier alpha value is -0.790. The van der Waals surface area contributed by atoms with Crippen LogP contribution in [0.1, 0.15) is 30.2 Å². The van der Waals surface area contributed by atoms with Gasteiger partial charge in [0, 0.05) is 16.8 Å². The molecule has 1 rings (SSSR count). The van der Waals surface area contributed by atoms with Gasteiger partial charge in [-0.1, -0.05) is 0 Å². The molecule has 1 aromatic rings. The lowest BCUT2D eigenvalue weighted by atomic mass is 10.1. The van der Waals surface area contributed by atoms with Crippen LogP contribution in [0.5, 0.6) is 0 Å². The Morgan fingerprint density at radius 3 is 2.76 bits per heavy atom. The fraction of sp³-hybridized carbons (Fsp3) is 0.455. The van der Waals surface area contributed by atoms with Gasteiger partial charge >= 0.3 is 5.97 Å². The van der Waals surface area contributed by atoms with E-state index in [1.165, 1.54) is 6.07 Å². The minimum Gasteiger partial charge on any atom is -0.466 e. The smallest absolute Gasteiger partial charge is 0.310 e. The normalized spacial score (nSPS) is 10.7. The first-order valence-corrected chi connectivity index (χ1v) is 6.13. The number of aromatic nitrogens is 1. The number of carbonyl (C=O) groups is 1. The zero-order chi connectivity index (χ0) is 13.0. The molecule has 6 heteroatoms. The van der Waals surface area contributed by atoms with Gasteiger partial charge in [0.15, 0.2) is 0 Å². The molecule has 0 radical (unpaired) electrons. The minimum atomic E-state index is -2.62. The van der Waals surface area contributed by atoms with E-state index in [2.05, 4.69) is 4.98 Å². The number of hydrogen-bond acceptors (Lipinski definition) is 3. The van der Waals surface area contributed by atoms with E-state index in [1.54, 1.807) is 13.8 Å². The molecule has 0 atom stereocenters. The average molecular weight is 355 g/mol. The highest BCUT2D eigenvalue weighted by molar-refractivity contribution is 14.1. The maximum absolute atomic E-state index is 12.8. The Balaban J connectivity index is 3.08. The summed E-state index contributed by atoms with van der Waals surface area (Å²) in [5.74, 6) is -0.516. The first-order chi connectivity index (χ1) is 7.95.